The van der Waals surface area contributed by atoms with Crippen molar-refractivity contribution >= 4 is 0 Å². The molecule has 3 nitrogen and oxygen atoms in total. The van der Waals surface area contributed by atoms with E-state index in [1.54, 1.807) is 0 Å². The number of nitrogens with zero attached hydrogens (tertiary/aromatic N) is 1. The van der Waals surface area contributed by atoms with E-state index >= 15 is 0 Å². The largest absolute Gasteiger partial charge is 0.438 e. The lowest BCUT2D eigenvalue weighted by Gasteiger charge is -2.46. The second kappa shape index (κ2) is 13.7. The lowest BCUT2D eigenvalue weighted by atomic mass is 9.81. The fraction of sp³-hybridized carbons (Fsp3) is 1.00. The fourth-order valence-electron chi connectivity index (χ4n) is 3.63. The van der Waals surface area contributed by atoms with Gasteiger partial charge in [-0.3, -0.25) is 0 Å². The number of aliphatic hydroxyl groups is 1. The molecular formula is C21H19F27N2O. The lowest BCUT2D eigenvalue weighted by molar-refractivity contribution is -0.487. The molecule has 1 atom stereocenters. The van der Waals surface area contributed by atoms with E-state index in [1.807, 2.05) is 5.32 Å². The van der Waals surface area contributed by atoms with Gasteiger partial charge in [-0.25, -0.2) is 4.39 Å². The van der Waals surface area contributed by atoms with Gasteiger partial charge in [-0.2, -0.15) is 114 Å². The van der Waals surface area contributed by atoms with Gasteiger partial charge in [0.25, 0.3) is 0 Å². The van der Waals surface area contributed by atoms with Gasteiger partial charge in [-0.1, -0.05) is 0 Å². The molecule has 0 bridgehead atoms. The highest BCUT2D eigenvalue weighted by Crippen LogP contribution is 2.69. The predicted molar refractivity (Wildman–Crippen MR) is 112 cm³/mol. The highest BCUT2D eigenvalue weighted by Gasteiger charge is 3.01. The number of hydrogen-bond donors (Lipinski definition) is 2. The van der Waals surface area contributed by atoms with Crippen LogP contribution in [0.15, 0.2) is 0 Å². The first-order chi connectivity index (χ1) is 21.8. The summed E-state index contributed by atoms with van der Waals surface area (Å²) >= 11 is 0. The summed E-state index contributed by atoms with van der Waals surface area (Å²) in [7, 11) is 2.94. The molecule has 0 saturated carbocycles. The summed E-state index contributed by atoms with van der Waals surface area (Å²) in [6, 6.07) is 0. The zero-order valence-corrected chi connectivity index (χ0v) is 24.2. The fourth-order valence-corrected chi connectivity index (χ4v) is 3.63. The molecule has 0 aromatic carbocycles. The van der Waals surface area contributed by atoms with Crippen LogP contribution >= 0.6 is 0 Å². The molecule has 2 N–H and O–H groups in total. The molecule has 30 heteroatoms. The summed E-state index contributed by atoms with van der Waals surface area (Å²) in [6.45, 7) is -1.46. The minimum absolute atomic E-state index is 0.0619. The van der Waals surface area contributed by atoms with Crippen molar-refractivity contribution < 1.29 is 124 Å². The number of halogens is 27. The highest BCUT2D eigenvalue weighted by atomic mass is 19.4. The third kappa shape index (κ3) is 7.17. The van der Waals surface area contributed by atoms with Gasteiger partial charge < -0.3 is 15.3 Å². The Morgan fingerprint density at radius 3 is 1.00 bits per heavy atom. The van der Waals surface area contributed by atoms with E-state index in [4.69, 9.17) is 0 Å². The maximum Gasteiger partial charge on any atom is 0.438 e. The van der Waals surface area contributed by atoms with Crippen LogP contribution in [0.4, 0.5) is 119 Å². The number of aliphatic hydroxyl groups excluding tert-OH is 1. The maximum atomic E-state index is 14.0. The molecule has 0 amide bonds. The zero-order chi connectivity index (χ0) is 41.9. The van der Waals surface area contributed by atoms with E-state index in [2.05, 4.69) is 0 Å². The van der Waals surface area contributed by atoms with Crippen molar-refractivity contribution in [3.05, 3.63) is 0 Å². The monoisotopic (exact) mass is 828 g/mol. The molecule has 308 valence electrons. The van der Waals surface area contributed by atoms with Gasteiger partial charge in [0.05, 0.1) is 6.10 Å². The lowest BCUT2D eigenvalue weighted by Crippen LogP contribution is -2.79. The third-order valence-electron chi connectivity index (χ3n) is 6.66. The van der Waals surface area contributed by atoms with Crippen LogP contribution in [-0.4, -0.2) is 127 Å². The van der Waals surface area contributed by atoms with E-state index in [0.717, 1.165) is 0 Å². The van der Waals surface area contributed by atoms with E-state index < -0.39 is 96.3 Å². The van der Waals surface area contributed by atoms with Gasteiger partial charge in [-0.15, -0.1) is 0 Å². The molecule has 0 aliphatic rings. The number of hydrogen-bond acceptors (Lipinski definition) is 3. The van der Waals surface area contributed by atoms with E-state index in [0.29, 0.717) is 0 Å². The van der Waals surface area contributed by atoms with Crippen LogP contribution < -0.4 is 5.32 Å². The Bertz CT molecular complexity index is 1160. The van der Waals surface area contributed by atoms with Gasteiger partial charge in [0, 0.05) is 13.0 Å². The molecule has 51 heavy (non-hydrogen) atoms. The molecule has 1 unspecified atom stereocenters. The average Bonchev–Trinajstić information content (AvgIpc) is 2.89. The van der Waals surface area contributed by atoms with Crippen LogP contribution in [0.1, 0.15) is 12.8 Å². The van der Waals surface area contributed by atoms with E-state index in [1.165, 1.54) is 19.0 Å². The molecular weight excluding hydrogens is 809 g/mol. The summed E-state index contributed by atoms with van der Waals surface area (Å²) in [4.78, 5) is 1.47. The van der Waals surface area contributed by atoms with Crippen molar-refractivity contribution in [1.82, 2.24) is 10.2 Å². The van der Waals surface area contributed by atoms with Gasteiger partial charge in [0.2, 0.25) is 0 Å². The van der Waals surface area contributed by atoms with Crippen molar-refractivity contribution in [2.45, 2.75) is 96.2 Å². The third-order valence-corrected chi connectivity index (χ3v) is 6.66. The minimum Gasteiger partial charge on any atom is -0.392 e. The topological polar surface area (TPSA) is 35.5 Å². The normalized spacial score (nSPS) is 17.0. The average molecular weight is 828 g/mol. The Morgan fingerprint density at radius 1 is 0.451 bits per heavy atom. The van der Waals surface area contributed by atoms with Crippen LogP contribution in [0.3, 0.4) is 0 Å². The molecule has 0 aromatic heterocycles. The predicted octanol–water partition coefficient (Wildman–Crippen LogP) is 8.46. The van der Waals surface area contributed by atoms with Crippen molar-refractivity contribution in [2.24, 2.45) is 0 Å². The first kappa shape index (κ1) is 49.0. The standard InChI is InChI=1S/C21H19F27N2O/c1-50(2)5-3-4-49-7-8(51)6-9(22,23)11(25,26)13(29,30)15(33,34)17(37,38)19(41,42)18(39,40)16(35,36)14(31,32)12(27,28)10(24,20(43,44)45)21(46,47)48/h8,49,51H,3-7H2,1-2H3. The summed E-state index contributed by atoms with van der Waals surface area (Å²) in [6.07, 6.45) is -23.6. The Balaban J connectivity index is 7.09. The van der Waals surface area contributed by atoms with Gasteiger partial charge >= 0.3 is 77.2 Å². The van der Waals surface area contributed by atoms with E-state index in [9.17, 15) is 124 Å². The van der Waals surface area contributed by atoms with Crippen LogP contribution in [0.5, 0.6) is 0 Å². The molecule has 0 fully saturated rings. The maximum absolute atomic E-state index is 14.0. The quantitative estimate of drug-likeness (QED) is 0.108. The van der Waals surface area contributed by atoms with Crippen molar-refractivity contribution in [1.29, 1.82) is 0 Å². The van der Waals surface area contributed by atoms with Crippen LogP contribution in [-0.2, 0) is 0 Å². The smallest absolute Gasteiger partial charge is 0.392 e. The second-order valence-electron chi connectivity index (χ2n) is 10.7. The first-order valence-electron chi connectivity index (χ1n) is 12.4. The van der Waals surface area contributed by atoms with Gasteiger partial charge in [0.1, 0.15) is 0 Å². The molecule has 0 aliphatic carbocycles. The first-order valence-corrected chi connectivity index (χ1v) is 12.4. The molecule has 0 radical (unpaired) electrons. The van der Waals surface area contributed by atoms with E-state index in [-0.39, 0.29) is 19.5 Å². The van der Waals surface area contributed by atoms with Gasteiger partial charge in [0.15, 0.2) is 0 Å². The van der Waals surface area contributed by atoms with Crippen molar-refractivity contribution in [3.8, 4) is 0 Å². The number of alkyl halides is 27. The number of nitrogens with one attached hydrogen (secondary N) is 1. The van der Waals surface area contributed by atoms with Gasteiger partial charge in [-0.05, 0) is 33.6 Å². The Labute approximate surface area is 265 Å². The van der Waals surface area contributed by atoms with Crippen molar-refractivity contribution in [2.75, 3.05) is 33.7 Å². The Hall–Kier alpha value is -2.01. The molecule has 0 spiro atoms. The van der Waals surface area contributed by atoms with Crippen LogP contribution in [0.2, 0.25) is 0 Å². The Kier molecular flexibility index (Phi) is 13.1. The number of rotatable bonds is 18. The van der Waals surface area contributed by atoms with Crippen LogP contribution in [0, 0.1) is 0 Å². The second-order valence-corrected chi connectivity index (χ2v) is 10.7. The summed E-state index contributed by atoms with van der Waals surface area (Å²) in [5, 5.41) is 11.3. The molecule has 0 heterocycles. The molecule has 0 aliphatic heterocycles. The summed E-state index contributed by atoms with van der Waals surface area (Å²) in [5.41, 5.74) is -9.23. The summed E-state index contributed by atoms with van der Waals surface area (Å²) < 4.78 is 366. The summed E-state index contributed by atoms with van der Waals surface area (Å²) in [5.74, 6) is -92.2. The molecule has 0 saturated heterocycles. The SMILES string of the molecule is CN(C)CCCNCC(O)CC(F)(F)C(F)(F)C(F)(F)C(F)(F)C(F)(F)C(F)(F)C(F)(F)C(F)(F)C(F)(F)C(F)(F)C(F)(C(F)(F)F)C(F)(F)F. The minimum atomic E-state index is -9.85. The highest BCUT2D eigenvalue weighted by molar-refractivity contribution is 5.21. The molecule has 0 aromatic rings. The molecule has 0 rings (SSSR count). The van der Waals surface area contributed by atoms with Crippen LogP contribution in [0.25, 0.3) is 0 Å². The zero-order valence-electron chi connectivity index (χ0n) is 24.2. The Morgan fingerprint density at radius 2 is 0.725 bits per heavy atom. The van der Waals surface area contributed by atoms with Crippen molar-refractivity contribution in [3.63, 3.8) is 0 Å².